The number of carbonyl (C=O) groups excluding carboxylic acids is 2. The summed E-state index contributed by atoms with van der Waals surface area (Å²) in [7, 11) is 0. The van der Waals surface area contributed by atoms with Gasteiger partial charge in [-0.05, 0) is 50.2 Å². The number of likely N-dealkylation sites (tertiary alicyclic amines) is 1. The Labute approximate surface area is 126 Å². The lowest BCUT2D eigenvalue weighted by molar-refractivity contribution is -0.122. The fraction of sp³-hybridized carbons (Fsp3) is 0.429. The molecule has 0 atom stereocenters. The molecule has 0 spiro atoms. The molecule has 6 heteroatoms. The molecule has 1 aromatic rings. The molecule has 1 fully saturated rings. The molecule has 5 nitrogen and oxygen atoms in total. The zero-order valence-corrected chi connectivity index (χ0v) is 12.7. The molecule has 0 saturated carbocycles. The van der Waals surface area contributed by atoms with Gasteiger partial charge in [0.25, 0.3) is 0 Å². The van der Waals surface area contributed by atoms with Gasteiger partial charge in [-0.1, -0.05) is 15.9 Å². The van der Waals surface area contributed by atoms with Crippen LogP contribution in [0.25, 0.3) is 0 Å². The third kappa shape index (κ3) is 4.31. The summed E-state index contributed by atoms with van der Waals surface area (Å²) in [6.45, 7) is 1.75. The minimum Gasteiger partial charge on any atom is -0.369 e. The van der Waals surface area contributed by atoms with Crippen LogP contribution in [0.5, 0.6) is 0 Å². The second-order valence-corrected chi connectivity index (χ2v) is 5.93. The number of hydrogen-bond acceptors (Lipinski definition) is 3. The van der Waals surface area contributed by atoms with Crippen LogP contribution >= 0.6 is 15.9 Å². The van der Waals surface area contributed by atoms with Crippen LogP contribution < -0.4 is 11.1 Å². The van der Waals surface area contributed by atoms with E-state index in [-0.39, 0.29) is 24.3 Å². The van der Waals surface area contributed by atoms with Gasteiger partial charge in [0.15, 0.2) is 0 Å². The number of primary amides is 1. The van der Waals surface area contributed by atoms with Crippen molar-refractivity contribution in [3.63, 3.8) is 0 Å². The van der Waals surface area contributed by atoms with Gasteiger partial charge < -0.3 is 11.1 Å². The van der Waals surface area contributed by atoms with E-state index >= 15 is 0 Å². The molecule has 0 bridgehead atoms. The Kier molecular flexibility index (Phi) is 5.14. The molecular weight excluding hydrogens is 322 g/mol. The first-order valence-electron chi connectivity index (χ1n) is 6.61. The quantitative estimate of drug-likeness (QED) is 0.874. The highest BCUT2D eigenvalue weighted by molar-refractivity contribution is 9.10. The van der Waals surface area contributed by atoms with Crippen molar-refractivity contribution in [1.82, 2.24) is 4.90 Å². The summed E-state index contributed by atoms with van der Waals surface area (Å²) in [6, 6.07) is 7.52. The van der Waals surface area contributed by atoms with E-state index in [1.54, 1.807) is 0 Å². The summed E-state index contributed by atoms with van der Waals surface area (Å²) in [4.78, 5) is 25.0. The summed E-state index contributed by atoms with van der Waals surface area (Å²) in [5.74, 6) is -0.267. The van der Waals surface area contributed by atoms with Crippen LogP contribution in [-0.2, 0) is 9.59 Å². The number of halogens is 1. The highest BCUT2D eigenvalue weighted by atomic mass is 79.9. The average molecular weight is 340 g/mol. The van der Waals surface area contributed by atoms with Crippen molar-refractivity contribution < 1.29 is 9.59 Å². The monoisotopic (exact) mass is 339 g/mol. The van der Waals surface area contributed by atoms with Gasteiger partial charge in [0, 0.05) is 16.1 Å². The Morgan fingerprint density at radius 1 is 1.25 bits per heavy atom. The van der Waals surface area contributed by atoms with E-state index in [0.717, 1.165) is 36.1 Å². The van der Waals surface area contributed by atoms with E-state index in [1.165, 1.54) is 0 Å². The smallest absolute Gasteiger partial charge is 0.231 e. The number of benzene rings is 1. The fourth-order valence-electron chi connectivity index (χ4n) is 2.35. The van der Waals surface area contributed by atoms with Crippen LogP contribution in [0.15, 0.2) is 28.7 Å². The number of amides is 2. The normalized spacial score (nSPS) is 16.9. The molecule has 1 saturated heterocycles. The Bertz CT molecular complexity index is 482. The number of nitrogens with one attached hydrogen (secondary N) is 1. The number of carbonyl (C=O) groups is 2. The molecule has 2 rings (SSSR count). The fourth-order valence-corrected chi connectivity index (χ4v) is 2.62. The Hall–Kier alpha value is -1.40. The van der Waals surface area contributed by atoms with Crippen molar-refractivity contribution in [2.24, 2.45) is 11.7 Å². The molecule has 0 radical (unpaired) electrons. The zero-order valence-electron chi connectivity index (χ0n) is 11.1. The number of nitrogens with zero attached hydrogens (tertiary/aromatic N) is 1. The van der Waals surface area contributed by atoms with E-state index in [9.17, 15) is 9.59 Å². The maximum atomic E-state index is 12.1. The van der Waals surface area contributed by atoms with Crippen LogP contribution in [0.4, 0.5) is 5.69 Å². The van der Waals surface area contributed by atoms with E-state index in [1.807, 2.05) is 29.2 Å². The second-order valence-electron chi connectivity index (χ2n) is 5.01. The van der Waals surface area contributed by atoms with Gasteiger partial charge in [-0.2, -0.15) is 0 Å². The highest BCUT2D eigenvalue weighted by Crippen LogP contribution is 2.20. The van der Waals surface area contributed by atoms with Gasteiger partial charge in [-0.15, -0.1) is 0 Å². The number of anilines is 1. The van der Waals surface area contributed by atoms with Crippen molar-refractivity contribution in [1.29, 1.82) is 0 Å². The molecule has 108 valence electrons. The largest absolute Gasteiger partial charge is 0.369 e. The van der Waals surface area contributed by atoms with Crippen LogP contribution in [0.1, 0.15) is 12.8 Å². The molecule has 0 aromatic heterocycles. The minimum atomic E-state index is -0.317. The lowest BCUT2D eigenvalue weighted by Crippen LogP contribution is -2.42. The van der Waals surface area contributed by atoms with Crippen molar-refractivity contribution in [2.45, 2.75) is 12.8 Å². The molecule has 1 aliphatic rings. The van der Waals surface area contributed by atoms with Gasteiger partial charge in [-0.3, -0.25) is 14.5 Å². The minimum absolute atomic E-state index is 0.00257. The molecular formula is C14H18BrN3O2. The van der Waals surface area contributed by atoms with Crippen LogP contribution in [0.3, 0.4) is 0 Å². The predicted octanol–water partition coefficient (Wildman–Crippen LogP) is 1.58. The summed E-state index contributed by atoms with van der Waals surface area (Å²) in [6.07, 6.45) is 1.52. The average Bonchev–Trinajstić information content (AvgIpc) is 2.41. The second kappa shape index (κ2) is 6.85. The molecule has 1 aromatic carbocycles. The van der Waals surface area contributed by atoms with Crippen LogP contribution in [0, 0.1) is 5.92 Å². The van der Waals surface area contributed by atoms with Crippen molar-refractivity contribution in [2.75, 3.05) is 25.0 Å². The lowest BCUT2D eigenvalue weighted by Gasteiger charge is -2.30. The third-order valence-electron chi connectivity index (χ3n) is 3.45. The maximum absolute atomic E-state index is 12.1. The van der Waals surface area contributed by atoms with Crippen LogP contribution in [0.2, 0.25) is 0 Å². The Morgan fingerprint density at radius 3 is 2.40 bits per heavy atom. The Morgan fingerprint density at radius 2 is 1.85 bits per heavy atom. The van der Waals surface area contributed by atoms with Crippen molar-refractivity contribution >= 4 is 33.4 Å². The molecule has 0 unspecified atom stereocenters. The number of piperidine rings is 1. The molecule has 20 heavy (non-hydrogen) atoms. The molecule has 2 amide bonds. The molecule has 1 aliphatic heterocycles. The summed E-state index contributed by atoms with van der Waals surface area (Å²) in [5.41, 5.74) is 5.97. The maximum Gasteiger partial charge on any atom is 0.231 e. The van der Waals surface area contributed by atoms with Gasteiger partial charge >= 0.3 is 0 Å². The first kappa shape index (κ1) is 15.0. The first-order valence-corrected chi connectivity index (χ1v) is 7.41. The summed E-state index contributed by atoms with van der Waals surface area (Å²) >= 11 is 3.36. The SMILES string of the molecule is NC(=O)CN1CCC(C(=O)Nc2ccc(Br)cc2)CC1. The lowest BCUT2D eigenvalue weighted by atomic mass is 9.96. The van der Waals surface area contributed by atoms with Gasteiger partial charge in [0.05, 0.1) is 6.54 Å². The molecule has 1 heterocycles. The van der Waals surface area contributed by atoms with Crippen molar-refractivity contribution in [3.05, 3.63) is 28.7 Å². The topological polar surface area (TPSA) is 75.4 Å². The predicted molar refractivity (Wildman–Crippen MR) is 81.1 cm³/mol. The number of nitrogens with two attached hydrogens (primary N) is 1. The standard InChI is InChI=1S/C14H18BrN3O2/c15-11-1-3-12(4-2-11)17-14(20)10-5-7-18(8-6-10)9-13(16)19/h1-4,10H,5-9H2,(H2,16,19)(H,17,20). The first-order chi connectivity index (χ1) is 9.54. The van der Waals surface area contributed by atoms with E-state index < -0.39 is 0 Å². The summed E-state index contributed by atoms with van der Waals surface area (Å²) < 4.78 is 0.982. The van der Waals surface area contributed by atoms with Crippen LogP contribution in [-0.4, -0.2) is 36.3 Å². The van der Waals surface area contributed by atoms with Gasteiger partial charge in [-0.25, -0.2) is 0 Å². The Balaban J connectivity index is 1.82. The molecule has 0 aliphatic carbocycles. The van der Waals surface area contributed by atoms with E-state index in [0.29, 0.717) is 0 Å². The third-order valence-corrected chi connectivity index (χ3v) is 3.98. The zero-order chi connectivity index (χ0) is 14.5. The number of rotatable bonds is 4. The summed E-state index contributed by atoms with van der Waals surface area (Å²) in [5, 5.41) is 2.92. The van der Waals surface area contributed by atoms with Gasteiger partial charge in [0.1, 0.15) is 0 Å². The number of hydrogen-bond donors (Lipinski definition) is 2. The van der Waals surface area contributed by atoms with E-state index in [2.05, 4.69) is 21.2 Å². The van der Waals surface area contributed by atoms with E-state index in [4.69, 9.17) is 5.73 Å². The highest BCUT2D eigenvalue weighted by Gasteiger charge is 2.25. The van der Waals surface area contributed by atoms with Gasteiger partial charge in [0.2, 0.25) is 11.8 Å². The van der Waals surface area contributed by atoms with Crippen molar-refractivity contribution in [3.8, 4) is 0 Å². The molecule has 3 N–H and O–H groups in total.